The maximum absolute atomic E-state index is 12.2. The fraction of sp³-hybridized carbons (Fsp3) is 0.368. The van der Waals surface area contributed by atoms with Crippen LogP contribution in [0.4, 0.5) is 5.13 Å². The average Bonchev–Trinajstić information content (AvgIpc) is 3.20. The number of benzene rings is 1. The molecule has 2 amide bonds. The summed E-state index contributed by atoms with van der Waals surface area (Å²) in [5.41, 5.74) is 6.56. The van der Waals surface area contributed by atoms with Crippen molar-refractivity contribution in [2.24, 2.45) is 11.7 Å². The van der Waals surface area contributed by atoms with Crippen LogP contribution in [0.2, 0.25) is 0 Å². The van der Waals surface area contributed by atoms with Gasteiger partial charge in [0.25, 0.3) is 5.91 Å². The number of carbonyl (C=O) groups excluding carboxylic acids is 3. The van der Waals surface area contributed by atoms with Crippen molar-refractivity contribution >= 4 is 34.3 Å². The molecule has 3 rings (SSSR count). The van der Waals surface area contributed by atoms with Gasteiger partial charge >= 0.3 is 5.97 Å². The quantitative estimate of drug-likeness (QED) is 0.681. The highest BCUT2D eigenvalue weighted by atomic mass is 32.1. The Morgan fingerprint density at radius 3 is 2.61 bits per heavy atom. The van der Waals surface area contributed by atoms with Gasteiger partial charge in [0.05, 0.1) is 0 Å². The molecule has 0 spiro atoms. The number of nitrogens with one attached hydrogen (secondary N) is 1. The zero-order valence-corrected chi connectivity index (χ0v) is 16.1. The van der Waals surface area contributed by atoms with Gasteiger partial charge in [-0.3, -0.25) is 9.59 Å². The summed E-state index contributed by atoms with van der Waals surface area (Å²) in [6.07, 6.45) is 1.08. The third-order valence-electron chi connectivity index (χ3n) is 4.58. The van der Waals surface area contributed by atoms with Crippen LogP contribution in [0.5, 0.6) is 0 Å². The molecule has 148 valence electrons. The van der Waals surface area contributed by atoms with Crippen molar-refractivity contribution in [3.8, 4) is 0 Å². The number of anilines is 1. The van der Waals surface area contributed by atoms with Gasteiger partial charge in [-0.1, -0.05) is 30.3 Å². The molecule has 1 fully saturated rings. The maximum atomic E-state index is 12.2. The predicted octanol–water partition coefficient (Wildman–Crippen LogP) is 1.64. The largest absolute Gasteiger partial charge is 0.451 e. The van der Waals surface area contributed by atoms with Crippen LogP contribution < -0.4 is 11.1 Å². The van der Waals surface area contributed by atoms with E-state index in [9.17, 15) is 14.4 Å². The van der Waals surface area contributed by atoms with Crippen LogP contribution in [-0.2, 0) is 20.9 Å². The number of esters is 1. The van der Waals surface area contributed by atoms with Crippen LogP contribution >= 0.6 is 11.3 Å². The molecule has 1 saturated heterocycles. The molecular formula is C19H22N4O4S. The normalized spacial score (nSPS) is 14.5. The average molecular weight is 402 g/mol. The zero-order chi connectivity index (χ0) is 19.9. The fourth-order valence-electron chi connectivity index (χ4n) is 2.93. The van der Waals surface area contributed by atoms with Crippen molar-refractivity contribution in [2.75, 3.05) is 25.0 Å². The molecule has 1 aliphatic rings. The van der Waals surface area contributed by atoms with E-state index < -0.39 is 5.97 Å². The Morgan fingerprint density at radius 1 is 1.21 bits per heavy atom. The van der Waals surface area contributed by atoms with Gasteiger partial charge in [0.1, 0.15) is 0 Å². The number of rotatable bonds is 7. The smallest absolute Gasteiger partial charge is 0.358 e. The number of aromatic nitrogens is 1. The molecule has 2 heterocycles. The van der Waals surface area contributed by atoms with E-state index in [0.29, 0.717) is 37.6 Å². The van der Waals surface area contributed by atoms with E-state index in [1.807, 2.05) is 30.3 Å². The van der Waals surface area contributed by atoms with Gasteiger partial charge in [-0.2, -0.15) is 0 Å². The predicted molar refractivity (Wildman–Crippen MR) is 105 cm³/mol. The van der Waals surface area contributed by atoms with Crippen molar-refractivity contribution in [2.45, 2.75) is 19.4 Å². The van der Waals surface area contributed by atoms with Crippen molar-refractivity contribution in [1.82, 2.24) is 9.88 Å². The summed E-state index contributed by atoms with van der Waals surface area (Å²) >= 11 is 1.30. The highest BCUT2D eigenvalue weighted by Gasteiger charge is 2.26. The zero-order valence-electron chi connectivity index (χ0n) is 15.3. The molecule has 0 unspecified atom stereocenters. The van der Waals surface area contributed by atoms with Crippen LogP contribution in [0.1, 0.15) is 28.9 Å². The lowest BCUT2D eigenvalue weighted by molar-refractivity contribution is -0.137. The number of hydrogen-bond donors (Lipinski definition) is 2. The number of likely N-dealkylation sites (tertiary alicyclic amines) is 1. The summed E-state index contributed by atoms with van der Waals surface area (Å²) in [6, 6.07) is 9.84. The number of ether oxygens (including phenoxy) is 1. The first-order valence-electron chi connectivity index (χ1n) is 9.00. The lowest BCUT2D eigenvalue weighted by Crippen LogP contribution is -2.43. The second kappa shape index (κ2) is 9.32. The van der Waals surface area contributed by atoms with Gasteiger partial charge in [-0.25, -0.2) is 9.78 Å². The summed E-state index contributed by atoms with van der Waals surface area (Å²) in [5, 5.41) is 5.36. The SMILES string of the molecule is NC(=O)C1CCN(C(=O)COC(=O)c2csc(NCc3ccccc3)n2)CC1. The molecule has 1 aromatic heterocycles. The van der Waals surface area contributed by atoms with Gasteiger partial charge in [-0.15, -0.1) is 11.3 Å². The van der Waals surface area contributed by atoms with Crippen LogP contribution in [0.3, 0.4) is 0 Å². The second-order valence-corrected chi connectivity index (χ2v) is 7.37. The fourth-order valence-corrected chi connectivity index (χ4v) is 3.61. The third-order valence-corrected chi connectivity index (χ3v) is 5.38. The number of piperidine rings is 1. The molecule has 9 heteroatoms. The van der Waals surface area contributed by atoms with E-state index in [1.165, 1.54) is 11.3 Å². The summed E-state index contributed by atoms with van der Waals surface area (Å²) < 4.78 is 5.09. The van der Waals surface area contributed by atoms with Crippen LogP contribution in [0.15, 0.2) is 35.7 Å². The lowest BCUT2D eigenvalue weighted by Gasteiger charge is -2.30. The number of primary amides is 1. The standard InChI is InChI=1S/C19H22N4O4S/c20-17(25)14-6-8-23(9-7-14)16(24)11-27-18(26)15-12-28-19(22-15)21-10-13-4-2-1-3-5-13/h1-5,12,14H,6-11H2,(H2,20,25)(H,21,22). The van der Waals surface area contributed by atoms with Crippen molar-refractivity contribution < 1.29 is 19.1 Å². The van der Waals surface area contributed by atoms with Crippen LogP contribution in [-0.4, -0.2) is 47.4 Å². The molecule has 3 N–H and O–H groups in total. The molecule has 2 aromatic rings. The molecule has 0 aliphatic carbocycles. The van der Waals surface area contributed by atoms with Crippen molar-refractivity contribution in [3.05, 3.63) is 47.0 Å². The molecule has 0 bridgehead atoms. The first-order chi connectivity index (χ1) is 13.5. The highest BCUT2D eigenvalue weighted by molar-refractivity contribution is 7.13. The van der Waals surface area contributed by atoms with E-state index in [1.54, 1.807) is 10.3 Å². The Morgan fingerprint density at radius 2 is 1.93 bits per heavy atom. The Labute approximate surface area is 166 Å². The second-order valence-electron chi connectivity index (χ2n) is 6.51. The van der Waals surface area contributed by atoms with Gasteiger partial charge in [0.2, 0.25) is 5.91 Å². The first kappa shape index (κ1) is 19.8. The molecule has 0 radical (unpaired) electrons. The Balaban J connectivity index is 1.43. The molecule has 8 nitrogen and oxygen atoms in total. The number of amides is 2. The minimum absolute atomic E-state index is 0.167. The van der Waals surface area contributed by atoms with Gasteiger partial charge in [-0.05, 0) is 18.4 Å². The van der Waals surface area contributed by atoms with E-state index >= 15 is 0 Å². The van der Waals surface area contributed by atoms with Crippen molar-refractivity contribution in [3.63, 3.8) is 0 Å². The van der Waals surface area contributed by atoms with Gasteiger partial charge in [0.15, 0.2) is 17.4 Å². The third kappa shape index (κ3) is 5.29. The van der Waals surface area contributed by atoms with Gasteiger partial charge < -0.3 is 20.7 Å². The molecular weight excluding hydrogens is 380 g/mol. The number of nitrogens with zero attached hydrogens (tertiary/aromatic N) is 2. The molecule has 1 aliphatic heterocycles. The Hall–Kier alpha value is -2.94. The summed E-state index contributed by atoms with van der Waals surface area (Å²) in [7, 11) is 0. The Bertz CT molecular complexity index is 831. The van der Waals surface area contributed by atoms with Crippen LogP contribution in [0, 0.1) is 5.92 Å². The minimum atomic E-state index is -0.635. The maximum Gasteiger partial charge on any atom is 0.358 e. The number of carbonyl (C=O) groups is 3. The lowest BCUT2D eigenvalue weighted by atomic mass is 9.96. The summed E-state index contributed by atoms with van der Waals surface area (Å²) in [4.78, 5) is 41.3. The summed E-state index contributed by atoms with van der Waals surface area (Å²) in [6.45, 7) is 1.13. The topological polar surface area (TPSA) is 115 Å². The molecule has 1 aromatic carbocycles. The summed E-state index contributed by atoms with van der Waals surface area (Å²) in [5.74, 6) is -1.44. The number of nitrogens with two attached hydrogens (primary N) is 1. The van der Waals surface area contributed by atoms with Gasteiger partial charge in [0, 0.05) is 30.9 Å². The molecule has 0 atom stereocenters. The highest BCUT2D eigenvalue weighted by Crippen LogP contribution is 2.18. The molecule has 28 heavy (non-hydrogen) atoms. The van der Waals surface area contributed by atoms with E-state index in [-0.39, 0.29) is 30.0 Å². The minimum Gasteiger partial charge on any atom is -0.451 e. The number of thiazole rings is 1. The first-order valence-corrected chi connectivity index (χ1v) is 9.88. The Kier molecular flexibility index (Phi) is 6.59. The molecule has 0 saturated carbocycles. The monoisotopic (exact) mass is 402 g/mol. The van der Waals surface area contributed by atoms with E-state index in [2.05, 4.69) is 10.3 Å². The van der Waals surface area contributed by atoms with E-state index in [0.717, 1.165) is 5.56 Å². The van der Waals surface area contributed by atoms with Crippen LogP contribution in [0.25, 0.3) is 0 Å². The number of hydrogen-bond acceptors (Lipinski definition) is 7. The van der Waals surface area contributed by atoms with Crippen molar-refractivity contribution in [1.29, 1.82) is 0 Å². The van der Waals surface area contributed by atoms with E-state index in [4.69, 9.17) is 10.5 Å².